The van der Waals surface area contributed by atoms with Gasteiger partial charge >= 0.3 is 6.03 Å². The van der Waals surface area contributed by atoms with Crippen LogP contribution in [0.15, 0.2) is 55.0 Å². The largest absolute Gasteiger partial charge is 0.373 e. The minimum Gasteiger partial charge on any atom is -0.373 e. The lowest BCUT2D eigenvalue weighted by Crippen LogP contribution is -2.47. The number of carbonyl (C=O) groups excluding carboxylic acids is 1. The summed E-state index contributed by atoms with van der Waals surface area (Å²) >= 11 is 0. The molecule has 29 heavy (non-hydrogen) atoms. The number of carbonyl (C=O) groups is 1. The number of hydrogen-bond acceptors (Lipinski definition) is 3. The highest BCUT2D eigenvalue weighted by molar-refractivity contribution is 5.84. The van der Waals surface area contributed by atoms with E-state index in [4.69, 9.17) is 4.74 Å². The Bertz CT molecular complexity index is 969. The van der Waals surface area contributed by atoms with E-state index in [0.717, 1.165) is 24.8 Å². The van der Waals surface area contributed by atoms with E-state index in [1.54, 1.807) is 12.4 Å². The van der Waals surface area contributed by atoms with Crippen LogP contribution in [0, 0.1) is 0 Å². The molecule has 2 aromatic heterocycles. The van der Waals surface area contributed by atoms with Crippen molar-refractivity contribution in [3.8, 4) is 0 Å². The Balaban J connectivity index is 1.32. The van der Waals surface area contributed by atoms with Gasteiger partial charge in [-0.25, -0.2) is 4.79 Å². The first kappa shape index (κ1) is 19.5. The van der Waals surface area contributed by atoms with Crippen molar-refractivity contribution in [3.63, 3.8) is 0 Å². The smallest absolute Gasteiger partial charge is 0.315 e. The molecular weight excluding hydrogens is 364 g/mol. The molecule has 1 aliphatic heterocycles. The summed E-state index contributed by atoms with van der Waals surface area (Å²) in [5.74, 6) is 0. The molecule has 4 rings (SSSR count). The monoisotopic (exact) mass is 392 g/mol. The van der Waals surface area contributed by atoms with Crippen LogP contribution in [0.4, 0.5) is 4.79 Å². The Morgan fingerprint density at radius 2 is 2.07 bits per heavy atom. The topological polar surface area (TPSA) is 68.2 Å². The molecule has 152 valence electrons. The lowest BCUT2D eigenvalue weighted by atomic mass is 9.98. The van der Waals surface area contributed by atoms with Crippen molar-refractivity contribution in [2.24, 2.45) is 7.05 Å². The Kier molecular flexibility index (Phi) is 5.81. The number of fused-ring (bicyclic) bond motifs is 1. The molecular formula is C23H28N4O2. The highest BCUT2D eigenvalue weighted by atomic mass is 16.5. The standard InChI is InChI=1S/C23H28N4O2/c1-16(13-18-15-27(2)21-6-4-3-5-20(18)21)25-23(28)26-19-9-12-29-22(14-19)17-7-10-24-11-8-17/h3-8,10-11,15-16,19,22H,9,12-14H2,1-2H3,(H2,25,26,28)/t16?,19-,22+/m1/s1. The van der Waals surface area contributed by atoms with Crippen molar-refractivity contribution >= 4 is 16.9 Å². The van der Waals surface area contributed by atoms with Crippen LogP contribution < -0.4 is 10.6 Å². The summed E-state index contributed by atoms with van der Waals surface area (Å²) in [6, 6.07) is 12.3. The lowest BCUT2D eigenvalue weighted by Gasteiger charge is -2.30. The Morgan fingerprint density at radius 3 is 2.90 bits per heavy atom. The molecule has 0 spiro atoms. The summed E-state index contributed by atoms with van der Waals surface area (Å²) < 4.78 is 8.01. The first-order valence-electron chi connectivity index (χ1n) is 10.2. The first-order valence-corrected chi connectivity index (χ1v) is 10.2. The molecule has 1 unspecified atom stereocenters. The minimum atomic E-state index is -0.113. The van der Waals surface area contributed by atoms with E-state index in [2.05, 4.69) is 51.6 Å². The second kappa shape index (κ2) is 8.66. The van der Waals surface area contributed by atoms with E-state index in [1.165, 1.54) is 16.5 Å². The van der Waals surface area contributed by atoms with Crippen molar-refractivity contribution in [1.29, 1.82) is 0 Å². The number of nitrogens with zero attached hydrogens (tertiary/aromatic N) is 2. The van der Waals surface area contributed by atoms with Gasteiger partial charge in [0.2, 0.25) is 0 Å². The van der Waals surface area contributed by atoms with Crippen LogP contribution in [0.1, 0.15) is 37.0 Å². The van der Waals surface area contributed by atoms with Gasteiger partial charge in [-0.3, -0.25) is 4.98 Å². The van der Waals surface area contributed by atoms with Crippen LogP contribution >= 0.6 is 0 Å². The maximum Gasteiger partial charge on any atom is 0.315 e. The van der Waals surface area contributed by atoms with Crippen molar-refractivity contribution in [1.82, 2.24) is 20.2 Å². The van der Waals surface area contributed by atoms with Gasteiger partial charge < -0.3 is 19.9 Å². The number of nitrogens with one attached hydrogen (secondary N) is 2. The fourth-order valence-corrected chi connectivity index (χ4v) is 4.16. The quantitative estimate of drug-likeness (QED) is 0.695. The van der Waals surface area contributed by atoms with E-state index in [0.29, 0.717) is 6.61 Å². The van der Waals surface area contributed by atoms with Crippen LogP contribution in [0.2, 0.25) is 0 Å². The van der Waals surface area contributed by atoms with Gasteiger partial charge in [0.25, 0.3) is 0 Å². The fraction of sp³-hybridized carbons (Fsp3) is 0.391. The molecule has 6 nitrogen and oxygen atoms in total. The summed E-state index contributed by atoms with van der Waals surface area (Å²) in [6.07, 6.45) is 8.10. The van der Waals surface area contributed by atoms with Gasteiger partial charge in [0.1, 0.15) is 0 Å². The third kappa shape index (κ3) is 4.59. The van der Waals surface area contributed by atoms with Gasteiger partial charge in [0.15, 0.2) is 0 Å². The number of amides is 2. The molecule has 0 bridgehead atoms. The van der Waals surface area contributed by atoms with Gasteiger partial charge in [0.05, 0.1) is 6.10 Å². The zero-order chi connectivity index (χ0) is 20.2. The molecule has 0 aliphatic carbocycles. The molecule has 3 atom stereocenters. The van der Waals surface area contributed by atoms with Crippen molar-refractivity contribution < 1.29 is 9.53 Å². The van der Waals surface area contributed by atoms with Crippen LogP contribution in [0.3, 0.4) is 0 Å². The SMILES string of the molecule is CC(Cc1cn(C)c2ccccc12)NC(=O)N[C@@H]1CCO[C@H](c2ccncc2)C1. The van der Waals surface area contributed by atoms with Crippen molar-refractivity contribution in [2.75, 3.05) is 6.61 Å². The number of hydrogen-bond donors (Lipinski definition) is 2. The Morgan fingerprint density at radius 1 is 1.28 bits per heavy atom. The van der Waals surface area contributed by atoms with Gasteiger partial charge in [0, 0.05) is 55.2 Å². The molecule has 1 aliphatic rings. The summed E-state index contributed by atoms with van der Waals surface area (Å²) in [5, 5.41) is 7.47. The number of rotatable bonds is 5. The Hall–Kier alpha value is -2.86. The summed E-state index contributed by atoms with van der Waals surface area (Å²) in [6.45, 7) is 2.69. The average Bonchev–Trinajstić information content (AvgIpc) is 3.04. The second-order valence-corrected chi connectivity index (χ2v) is 7.87. The van der Waals surface area contributed by atoms with Crippen LogP contribution in [-0.4, -0.2) is 34.3 Å². The summed E-state index contributed by atoms with van der Waals surface area (Å²) in [7, 11) is 2.06. The predicted octanol–water partition coefficient (Wildman–Crippen LogP) is 3.72. The third-order valence-corrected chi connectivity index (χ3v) is 5.58. The van der Waals surface area contributed by atoms with Crippen molar-refractivity contribution in [2.45, 2.75) is 44.4 Å². The van der Waals surface area contributed by atoms with E-state index >= 15 is 0 Å². The summed E-state index contributed by atoms with van der Waals surface area (Å²) in [5.41, 5.74) is 3.57. The van der Waals surface area contributed by atoms with Gasteiger partial charge in [-0.1, -0.05) is 18.2 Å². The van der Waals surface area contributed by atoms with E-state index in [-0.39, 0.29) is 24.2 Å². The summed E-state index contributed by atoms with van der Waals surface area (Å²) in [4.78, 5) is 16.6. The van der Waals surface area contributed by atoms with Gasteiger partial charge in [-0.2, -0.15) is 0 Å². The third-order valence-electron chi connectivity index (χ3n) is 5.58. The first-order chi connectivity index (χ1) is 14.1. The van der Waals surface area contributed by atoms with Gasteiger partial charge in [-0.05, 0) is 55.5 Å². The van der Waals surface area contributed by atoms with Crippen molar-refractivity contribution in [3.05, 3.63) is 66.1 Å². The molecule has 6 heteroatoms. The molecule has 1 saturated heterocycles. The predicted molar refractivity (Wildman–Crippen MR) is 114 cm³/mol. The van der Waals surface area contributed by atoms with E-state index in [9.17, 15) is 4.79 Å². The number of aromatic nitrogens is 2. The van der Waals surface area contributed by atoms with Crippen LogP contribution in [0.5, 0.6) is 0 Å². The average molecular weight is 393 g/mol. The highest BCUT2D eigenvalue weighted by Crippen LogP contribution is 2.27. The molecule has 1 aromatic carbocycles. The minimum absolute atomic E-state index is 0.00477. The number of aryl methyl sites for hydroxylation is 1. The molecule has 3 heterocycles. The molecule has 0 radical (unpaired) electrons. The molecule has 2 N–H and O–H groups in total. The number of para-hydroxylation sites is 1. The van der Waals surface area contributed by atoms with Crippen LogP contribution in [-0.2, 0) is 18.2 Å². The molecule has 1 fully saturated rings. The maximum absolute atomic E-state index is 12.5. The zero-order valence-corrected chi connectivity index (χ0v) is 17.0. The molecule has 2 amide bonds. The normalized spacial score (nSPS) is 20.3. The zero-order valence-electron chi connectivity index (χ0n) is 17.0. The second-order valence-electron chi connectivity index (χ2n) is 7.87. The number of benzene rings is 1. The molecule has 0 saturated carbocycles. The fourth-order valence-electron chi connectivity index (χ4n) is 4.16. The van der Waals surface area contributed by atoms with Crippen LogP contribution in [0.25, 0.3) is 10.9 Å². The maximum atomic E-state index is 12.5. The Labute approximate surface area is 171 Å². The number of urea groups is 1. The molecule has 3 aromatic rings. The number of ether oxygens (including phenoxy) is 1. The highest BCUT2D eigenvalue weighted by Gasteiger charge is 2.25. The van der Waals surface area contributed by atoms with Gasteiger partial charge in [-0.15, -0.1) is 0 Å². The lowest BCUT2D eigenvalue weighted by molar-refractivity contribution is 0.00218. The van der Waals surface area contributed by atoms with E-state index in [1.807, 2.05) is 25.1 Å². The van der Waals surface area contributed by atoms with E-state index < -0.39 is 0 Å². The number of pyridine rings is 1.